The van der Waals surface area contributed by atoms with Crippen molar-refractivity contribution in [3.8, 4) is 17.2 Å². The summed E-state index contributed by atoms with van der Waals surface area (Å²) in [5, 5.41) is 9.51. The molecule has 3 atom stereocenters. The average molecular weight is 539 g/mol. The van der Waals surface area contributed by atoms with E-state index in [1.807, 2.05) is 54.3 Å². The minimum atomic E-state index is -0.565. The van der Waals surface area contributed by atoms with Gasteiger partial charge in [0.15, 0.2) is 17.3 Å². The Balaban J connectivity index is 1.28. The number of hydrogen-bond acceptors (Lipinski definition) is 8. The van der Waals surface area contributed by atoms with E-state index in [-0.39, 0.29) is 31.1 Å². The van der Waals surface area contributed by atoms with Crippen molar-refractivity contribution in [2.24, 2.45) is 5.92 Å². The van der Waals surface area contributed by atoms with Gasteiger partial charge in [0.2, 0.25) is 13.1 Å². The number of hydrogen-bond donors (Lipinski definition) is 1. The second-order valence-electron chi connectivity index (χ2n) is 10.1. The van der Waals surface area contributed by atoms with E-state index in [9.17, 15) is 9.90 Å². The summed E-state index contributed by atoms with van der Waals surface area (Å²) in [6.07, 6.45) is 2.73. The van der Waals surface area contributed by atoms with Crippen molar-refractivity contribution in [2.45, 2.75) is 38.5 Å². The first-order chi connectivity index (χ1) is 19.1. The van der Waals surface area contributed by atoms with E-state index in [2.05, 4.69) is 11.0 Å². The molecule has 0 unspecified atom stereocenters. The zero-order valence-electron chi connectivity index (χ0n) is 22.7. The number of aliphatic hydroxyl groups is 1. The molecule has 3 aliphatic rings. The number of carbonyl (C=O) groups excluding carboxylic acids is 1. The van der Waals surface area contributed by atoms with Crippen LogP contribution in [0.2, 0.25) is 0 Å². The molecule has 2 aromatic carbocycles. The molecule has 1 amide bonds. The number of rotatable bonds is 10. The van der Waals surface area contributed by atoms with Crippen molar-refractivity contribution in [3.63, 3.8) is 0 Å². The number of methoxy groups -OCH3 is 1. The first-order valence-electron chi connectivity index (χ1n) is 13.7. The molecule has 39 heavy (non-hydrogen) atoms. The minimum Gasteiger partial charge on any atom is -0.497 e. The van der Waals surface area contributed by atoms with Crippen LogP contribution < -0.4 is 14.2 Å². The molecule has 210 valence electrons. The van der Waals surface area contributed by atoms with Crippen molar-refractivity contribution < 1.29 is 33.6 Å². The molecule has 3 aliphatic heterocycles. The van der Waals surface area contributed by atoms with E-state index >= 15 is 0 Å². The van der Waals surface area contributed by atoms with Gasteiger partial charge in [-0.3, -0.25) is 9.69 Å². The predicted octanol–water partition coefficient (Wildman–Crippen LogP) is 3.52. The summed E-state index contributed by atoms with van der Waals surface area (Å²) < 4.78 is 28.5. The number of benzene rings is 2. The first kappa shape index (κ1) is 27.3. The third-order valence-corrected chi connectivity index (χ3v) is 7.63. The van der Waals surface area contributed by atoms with Gasteiger partial charge in [-0.1, -0.05) is 18.2 Å². The van der Waals surface area contributed by atoms with Gasteiger partial charge in [0, 0.05) is 57.8 Å². The lowest BCUT2D eigenvalue weighted by molar-refractivity contribution is -0.171. The highest BCUT2D eigenvalue weighted by molar-refractivity contribution is 5.92. The first-order valence-corrected chi connectivity index (χ1v) is 13.7. The molecule has 0 bridgehead atoms. The van der Waals surface area contributed by atoms with E-state index in [0.29, 0.717) is 38.3 Å². The molecule has 0 radical (unpaired) electrons. The van der Waals surface area contributed by atoms with Crippen LogP contribution in [0.25, 0.3) is 0 Å². The lowest BCUT2D eigenvalue weighted by Gasteiger charge is -2.39. The summed E-state index contributed by atoms with van der Waals surface area (Å²) in [6, 6.07) is 13.9. The topological polar surface area (TPSA) is 89.9 Å². The normalized spacial score (nSPS) is 22.8. The molecule has 2 aromatic rings. The van der Waals surface area contributed by atoms with Gasteiger partial charge in [-0.15, -0.1) is 0 Å². The third-order valence-electron chi connectivity index (χ3n) is 7.63. The molecule has 1 N–H and O–H groups in total. The number of ether oxygens (including phenoxy) is 5. The fourth-order valence-electron chi connectivity index (χ4n) is 5.53. The second kappa shape index (κ2) is 12.7. The minimum absolute atomic E-state index is 0.0272. The van der Waals surface area contributed by atoms with Gasteiger partial charge >= 0.3 is 0 Å². The van der Waals surface area contributed by atoms with Gasteiger partial charge in [0.25, 0.3) is 5.91 Å². The van der Waals surface area contributed by atoms with Crippen LogP contribution in [-0.4, -0.2) is 80.4 Å². The Morgan fingerprint density at radius 1 is 1.05 bits per heavy atom. The number of carbonyl (C=O) groups is 1. The van der Waals surface area contributed by atoms with Crippen molar-refractivity contribution in [1.82, 2.24) is 9.80 Å². The van der Waals surface area contributed by atoms with Gasteiger partial charge in [-0.25, -0.2) is 0 Å². The number of aliphatic hydroxyl groups excluding tert-OH is 1. The standard InChI is InChI=1S/C30H38N2O7/c1-3-36-30-24(5-4-16-33)25(22-7-9-23(35-2)10-8-22)18-28(39-30)29(34)32-14-12-31(13-15-32)19-21-6-11-26-27(17-21)38-20-37-26/h6-11,17-18,24-25,30,33H,3-5,12-16,19-20H2,1-2H3/t24-,25+,30+/m1/s1. The summed E-state index contributed by atoms with van der Waals surface area (Å²) in [4.78, 5) is 17.9. The van der Waals surface area contributed by atoms with Gasteiger partial charge in [-0.05, 0) is 61.2 Å². The van der Waals surface area contributed by atoms with Crippen LogP contribution in [0.1, 0.15) is 36.8 Å². The highest BCUT2D eigenvalue weighted by atomic mass is 16.7. The number of amides is 1. The molecule has 0 saturated carbocycles. The Hall–Kier alpha value is -3.27. The molecule has 1 fully saturated rings. The Bertz CT molecular complexity index is 1140. The van der Waals surface area contributed by atoms with Gasteiger partial charge < -0.3 is 33.7 Å². The van der Waals surface area contributed by atoms with Crippen LogP contribution in [0.3, 0.4) is 0 Å². The zero-order chi connectivity index (χ0) is 27.2. The van der Waals surface area contributed by atoms with Crippen LogP contribution in [-0.2, 0) is 20.8 Å². The molecule has 9 nitrogen and oxygen atoms in total. The highest BCUT2D eigenvalue weighted by Gasteiger charge is 2.39. The Morgan fingerprint density at radius 2 is 1.82 bits per heavy atom. The largest absolute Gasteiger partial charge is 0.497 e. The van der Waals surface area contributed by atoms with Crippen molar-refractivity contribution in [1.29, 1.82) is 0 Å². The lowest BCUT2D eigenvalue weighted by atomic mass is 9.80. The maximum absolute atomic E-state index is 13.7. The number of piperazine rings is 1. The number of fused-ring (bicyclic) bond motifs is 1. The Kier molecular flexibility index (Phi) is 8.91. The molecular weight excluding hydrogens is 500 g/mol. The average Bonchev–Trinajstić information content (AvgIpc) is 3.44. The summed E-state index contributed by atoms with van der Waals surface area (Å²) in [5.41, 5.74) is 2.22. The number of allylic oxidation sites excluding steroid dienone is 1. The quantitative estimate of drug-likeness (QED) is 0.492. The summed E-state index contributed by atoms with van der Waals surface area (Å²) >= 11 is 0. The fraction of sp³-hybridized carbons (Fsp3) is 0.500. The van der Waals surface area contributed by atoms with Crippen LogP contribution in [0.4, 0.5) is 0 Å². The molecule has 0 aliphatic carbocycles. The maximum Gasteiger partial charge on any atom is 0.288 e. The van der Waals surface area contributed by atoms with Crippen LogP contribution in [0.5, 0.6) is 17.2 Å². The summed E-state index contributed by atoms with van der Waals surface area (Å²) in [5.74, 6) is 2.46. The number of nitrogens with zero attached hydrogens (tertiary/aromatic N) is 2. The highest BCUT2D eigenvalue weighted by Crippen LogP contribution is 2.40. The molecule has 9 heteroatoms. The van der Waals surface area contributed by atoms with Gasteiger partial charge in [0.1, 0.15) is 5.75 Å². The van der Waals surface area contributed by atoms with Crippen LogP contribution in [0, 0.1) is 5.92 Å². The monoisotopic (exact) mass is 538 g/mol. The predicted molar refractivity (Wildman–Crippen MR) is 145 cm³/mol. The fourth-order valence-corrected chi connectivity index (χ4v) is 5.53. The molecule has 1 saturated heterocycles. The van der Waals surface area contributed by atoms with Crippen molar-refractivity contribution in [2.75, 3.05) is 53.3 Å². The smallest absolute Gasteiger partial charge is 0.288 e. The summed E-state index contributed by atoms with van der Waals surface area (Å²) in [7, 11) is 1.64. The molecule has 5 rings (SSSR count). The summed E-state index contributed by atoms with van der Waals surface area (Å²) in [6.45, 7) is 6.31. The Labute approximate surface area is 229 Å². The molecule has 0 aromatic heterocycles. The van der Waals surface area contributed by atoms with Crippen LogP contribution >= 0.6 is 0 Å². The Morgan fingerprint density at radius 3 is 2.54 bits per heavy atom. The van der Waals surface area contributed by atoms with E-state index in [0.717, 1.165) is 48.0 Å². The van der Waals surface area contributed by atoms with Crippen molar-refractivity contribution >= 4 is 5.91 Å². The third kappa shape index (κ3) is 6.32. The lowest BCUT2D eigenvalue weighted by Crippen LogP contribution is -2.49. The molecule has 0 spiro atoms. The second-order valence-corrected chi connectivity index (χ2v) is 10.1. The van der Waals surface area contributed by atoms with E-state index in [1.54, 1.807) is 7.11 Å². The molecule has 3 heterocycles. The zero-order valence-corrected chi connectivity index (χ0v) is 22.7. The van der Waals surface area contributed by atoms with Crippen molar-refractivity contribution in [3.05, 3.63) is 65.4 Å². The van der Waals surface area contributed by atoms with Gasteiger partial charge in [0.05, 0.1) is 7.11 Å². The van der Waals surface area contributed by atoms with E-state index in [1.165, 1.54) is 0 Å². The van der Waals surface area contributed by atoms with E-state index in [4.69, 9.17) is 23.7 Å². The maximum atomic E-state index is 13.7. The SMILES string of the molecule is CCO[C@H]1OC(C(=O)N2CCN(Cc3ccc4c(c3)OCO4)CC2)=C[C@@H](c2ccc(OC)cc2)[C@H]1CCCO. The van der Waals surface area contributed by atoms with Crippen LogP contribution in [0.15, 0.2) is 54.3 Å². The molecular formula is C30H38N2O7. The van der Waals surface area contributed by atoms with Gasteiger partial charge in [-0.2, -0.15) is 0 Å². The van der Waals surface area contributed by atoms with E-state index < -0.39 is 6.29 Å².